The van der Waals surface area contributed by atoms with E-state index in [2.05, 4.69) is 15.3 Å². The summed E-state index contributed by atoms with van der Waals surface area (Å²) < 4.78 is 0. The molecule has 0 bridgehead atoms. The number of hydrogen-bond acceptors (Lipinski definition) is 4. The first-order chi connectivity index (χ1) is 9.60. The van der Waals surface area contributed by atoms with Crippen molar-refractivity contribution in [2.45, 2.75) is 6.92 Å². The predicted molar refractivity (Wildman–Crippen MR) is 76.4 cm³/mol. The molecule has 7 nitrogen and oxygen atoms in total. The van der Waals surface area contributed by atoms with Crippen LogP contribution in [0.3, 0.4) is 0 Å². The van der Waals surface area contributed by atoms with Gasteiger partial charge < -0.3 is 5.32 Å². The smallest absolute Gasteiger partial charge is 0.270 e. The second kappa shape index (κ2) is 5.73. The van der Waals surface area contributed by atoms with E-state index in [-0.39, 0.29) is 11.4 Å². The molecule has 2 rings (SSSR count). The second-order valence-corrected chi connectivity index (χ2v) is 4.14. The first-order valence-corrected chi connectivity index (χ1v) is 5.77. The summed E-state index contributed by atoms with van der Waals surface area (Å²) in [6.45, 7) is 1.95. The molecule has 0 saturated carbocycles. The highest BCUT2D eigenvalue weighted by atomic mass is 16.6. The number of hydrogen-bond donors (Lipinski definition) is 1. The normalized spacial score (nSPS) is 9.65. The van der Waals surface area contributed by atoms with E-state index < -0.39 is 4.92 Å². The molecule has 0 aromatic heterocycles. The zero-order chi connectivity index (χ0) is 14.5. The van der Waals surface area contributed by atoms with Crippen LogP contribution in [0.2, 0.25) is 0 Å². The van der Waals surface area contributed by atoms with Gasteiger partial charge >= 0.3 is 0 Å². The molecule has 0 saturated heterocycles. The Morgan fingerprint density at radius 3 is 2.75 bits per heavy atom. The maximum Gasteiger partial charge on any atom is 0.270 e. The largest absolute Gasteiger partial charge is 0.355 e. The van der Waals surface area contributed by atoms with Gasteiger partial charge in [-0.3, -0.25) is 10.1 Å². The molecule has 0 aliphatic rings. The maximum absolute atomic E-state index is 10.7. The van der Waals surface area contributed by atoms with Crippen LogP contribution >= 0.6 is 0 Å². The van der Waals surface area contributed by atoms with Gasteiger partial charge in [-0.2, -0.15) is 0 Å². The quantitative estimate of drug-likeness (QED) is 0.288. The van der Waals surface area contributed by atoms with Gasteiger partial charge in [-0.15, -0.1) is 0 Å². The first kappa shape index (κ1) is 13.4. The Labute approximate surface area is 114 Å². The molecule has 20 heavy (non-hydrogen) atoms. The molecule has 1 N–H and O–H groups in total. The third kappa shape index (κ3) is 3.04. The van der Waals surface area contributed by atoms with Gasteiger partial charge in [0.2, 0.25) is 0 Å². The summed E-state index contributed by atoms with van der Waals surface area (Å²) in [5.74, 6) is 0. The molecule has 0 aliphatic carbocycles. The Hall–Kier alpha value is -3.05. The predicted octanol–water partition coefficient (Wildman–Crippen LogP) is 4.59. The summed E-state index contributed by atoms with van der Waals surface area (Å²) in [5, 5.41) is 17.3. The Morgan fingerprint density at radius 1 is 1.30 bits per heavy atom. The lowest BCUT2D eigenvalue weighted by molar-refractivity contribution is -0.384. The minimum atomic E-state index is -0.535. The fourth-order valence-electron chi connectivity index (χ4n) is 1.75. The number of nitro benzene ring substituents is 1. The Kier molecular flexibility index (Phi) is 3.83. The topological polar surface area (TPSA) is 104 Å². The lowest BCUT2D eigenvalue weighted by Crippen LogP contribution is -1.93. The van der Waals surface area contributed by atoms with Crippen LogP contribution in [-0.2, 0) is 0 Å². The molecule has 0 amide bonds. The van der Waals surface area contributed by atoms with E-state index in [1.807, 2.05) is 31.2 Å². The molecule has 0 heterocycles. The van der Waals surface area contributed by atoms with Crippen LogP contribution in [0, 0.1) is 17.0 Å². The number of nitro groups is 1. The molecule has 2 aromatic carbocycles. The van der Waals surface area contributed by atoms with E-state index in [0.717, 1.165) is 11.3 Å². The minimum absolute atomic E-state index is 0.123. The van der Waals surface area contributed by atoms with E-state index in [1.165, 1.54) is 18.2 Å². The van der Waals surface area contributed by atoms with Gasteiger partial charge in [0, 0.05) is 28.4 Å². The van der Waals surface area contributed by atoms with E-state index in [0.29, 0.717) is 5.69 Å². The molecule has 7 heteroatoms. The van der Waals surface area contributed by atoms with Gasteiger partial charge in [-0.1, -0.05) is 17.2 Å². The highest BCUT2D eigenvalue weighted by Crippen LogP contribution is 2.32. The van der Waals surface area contributed by atoms with E-state index in [1.54, 1.807) is 0 Å². The van der Waals surface area contributed by atoms with Gasteiger partial charge in [0.05, 0.1) is 10.6 Å². The molecule has 100 valence electrons. The number of non-ortho nitro benzene ring substituents is 1. The molecule has 2 aromatic rings. The van der Waals surface area contributed by atoms with Gasteiger partial charge in [0.1, 0.15) is 0 Å². The van der Waals surface area contributed by atoms with Crippen molar-refractivity contribution in [3.8, 4) is 0 Å². The third-order valence-electron chi connectivity index (χ3n) is 2.64. The van der Waals surface area contributed by atoms with E-state index in [4.69, 9.17) is 5.53 Å². The first-order valence-electron chi connectivity index (χ1n) is 5.77. The maximum atomic E-state index is 10.7. The number of aryl methyl sites for hydroxylation is 1. The Balaban J connectivity index is 2.40. The monoisotopic (exact) mass is 269 g/mol. The molecular formula is C13H11N5O2. The number of nitrogens with one attached hydrogen (secondary N) is 1. The van der Waals surface area contributed by atoms with Crippen LogP contribution in [0.5, 0.6) is 0 Å². The molecule has 0 spiro atoms. The van der Waals surface area contributed by atoms with Crippen LogP contribution < -0.4 is 5.32 Å². The molecular weight excluding hydrogens is 258 g/mol. The van der Waals surface area contributed by atoms with Crippen molar-refractivity contribution in [1.29, 1.82) is 0 Å². The van der Waals surface area contributed by atoms with E-state index in [9.17, 15) is 10.1 Å². The Morgan fingerprint density at radius 2 is 2.10 bits per heavy atom. The van der Waals surface area contributed by atoms with Crippen molar-refractivity contribution >= 4 is 22.7 Å². The second-order valence-electron chi connectivity index (χ2n) is 4.14. The lowest BCUT2D eigenvalue weighted by Gasteiger charge is -2.09. The summed E-state index contributed by atoms with van der Waals surface area (Å²) >= 11 is 0. The zero-order valence-corrected chi connectivity index (χ0v) is 10.6. The van der Waals surface area contributed by atoms with Gasteiger partial charge in [-0.05, 0) is 36.2 Å². The van der Waals surface area contributed by atoms with Crippen molar-refractivity contribution in [1.82, 2.24) is 0 Å². The van der Waals surface area contributed by atoms with Gasteiger partial charge in [0.25, 0.3) is 5.69 Å². The van der Waals surface area contributed by atoms with Crippen molar-refractivity contribution < 1.29 is 4.92 Å². The zero-order valence-electron chi connectivity index (χ0n) is 10.6. The Bertz CT molecular complexity index is 708. The summed E-state index contributed by atoms with van der Waals surface area (Å²) in [7, 11) is 0. The molecule has 0 radical (unpaired) electrons. The number of anilines is 2. The summed E-state index contributed by atoms with van der Waals surface area (Å²) in [4.78, 5) is 12.9. The van der Waals surface area contributed by atoms with Crippen LogP contribution in [0.25, 0.3) is 10.4 Å². The summed E-state index contributed by atoms with van der Waals surface area (Å²) in [5.41, 5.74) is 11.0. The fourth-order valence-corrected chi connectivity index (χ4v) is 1.75. The van der Waals surface area contributed by atoms with Crippen molar-refractivity contribution in [2.75, 3.05) is 5.32 Å². The average molecular weight is 269 g/mol. The number of azide groups is 1. The molecule has 0 fully saturated rings. The van der Waals surface area contributed by atoms with Crippen LogP contribution in [0.1, 0.15) is 5.56 Å². The standard InChI is InChI=1S/C13H11N5O2/c1-9-3-2-4-10(7-9)15-12-6-5-11(18(19)20)8-13(12)16-17-14/h2-8,15H,1H3. The highest BCUT2D eigenvalue weighted by Gasteiger charge is 2.10. The summed E-state index contributed by atoms with van der Waals surface area (Å²) in [6.07, 6.45) is 0. The van der Waals surface area contributed by atoms with Crippen LogP contribution in [-0.4, -0.2) is 4.92 Å². The van der Waals surface area contributed by atoms with Gasteiger partial charge in [-0.25, -0.2) is 0 Å². The van der Waals surface area contributed by atoms with Crippen molar-refractivity contribution in [3.05, 3.63) is 68.6 Å². The SMILES string of the molecule is Cc1cccc(Nc2ccc([N+](=O)[O-])cc2N=[N+]=[N-])c1. The fraction of sp³-hybridized carbons (Fsp3) is 0.0769. The molecule has 0 unspecified atom stereocenters. The number of rotatable bonds is 4. The average Bonchev–Trinajstić information content (AvgIpc) is 2.41. The van der Waals surface area contributed by atoms with Crippen LogP contribution in [0.15, 0.2) is 47.6 Å². The number of nitrogens with zero attached hydrogens (tertiary/aromatic N) is 4. The minimum Gasteiger partial charge on any atom is -0.355 e. The van der Waals surface area contributed by atoms with E-state index >= 15 is 0 Å². The third-order valence-corrected chi connectivity index (χ3v) is 2.64. The molecule has 0 atom stereocenters. The summed E-state index contributed by atoms with van der Waals surface area (Å²) in [6, 6.07) is 11.7. The molecule has 0 aliphatic heterocycles. The van der Waals surface area contributed by atoms with Crippen molar-refractivity contribution in [2.24, 2.45) is 5.11 Å². The van der Waals surface area contributed by atoms with Crippen molar-refractivity contribution in [3.63, 3.8) is 0 Å². The lowest BCUT2D eigenvalue weighted by atomic mass is 10.2. The number of benzene rings is 2. The highest BCUT2D eigenvalue weighted by molar-refractivity contribution is 5.74. The van der Waals surface area contributed by atoms with Crippen LogP contribution in [0.4, 0.5) is 22.7 Å². The van der Waals surface area contributed by atoms with Gasteiger partial charge in [0.15, 0.2) is 0 Å².